The molecule has 1 N–H and O–H groups in total. The van der Waals surface area contributed by atoms with Gasteiger partial charge in [-0.3, -0.25) is 9.59 Å². The topological polar surface area (TPSA) is 84.1 Å². The lowest BCUT2D eigenvalue weighted by atomic mass is 9.78. The quantitative estimate of drug-likeness (QED) is 0.620. The van der Waals surface area contributed by atoms with Crippen LogP contribution in [0.5, 0.6) is 5.75 Å². The molecule has 3 heterocycles. The van der Waals surface area contributed by atoms with Crippen molar-refractivity contribution >= 4 is 17.4 Å². The molecule has 2 fully saturated rings. The van der Waals surface area contributed by atoms with Crippen molar-refractivity contribution in [3.05, 3.63) is 54.5 Å². The molecule has 7 nitrogen and oxygen atoms in total. The largest absolute Gasteiger partial charge is 0.497 e. The van der Waals surface area contributed by atoms with Crippen molar-refractivity contribution in [3.63, 3.8) is 0 Å². The Balaban J connectivity index is 1.51. The van der Waals surface area contributed by atoms with Crippen LogP contribution in [0.25, 0.3) is 16.8 Å². The second-order valence-corrected chi connectivity index (χ2v) is 9.03. The molecule has 33 heavy (non-hydrogen) atoms. The summed E-state index contributed by atoms with van der Waals surface area (Å²) in [5.74, 6) is -0.274. The smallest absolute Gasteiger partial charge is 0.307 e. The Morgan fingerprint density at radius 1 is 1.00 bits per heavy atom. The highest BCUT2D eigenvalue weighted by Gasteiger charge is 2.42. The summed E-state index contributed by atoms with van der Waals surface area (Å²) in [6.45, 7) is 0.645. The lowest BCUT2D eigenvalue weighted by molar-refractivity contribution is -0.152. The molecule has 2 aliphatic rings. The number of amides is 1. The van der Waals surface area contributed by atoms with E-state index in [9.17, 15) is 14.7 Å². The normalized spacial score (nSPS) is 23.1. The molecule has 1 saturated heterocycles. The van der Waals surface area contributed by atoms with Gasteiger partial charge >= 0.3 is 5.97 Å². The van der Waals surface area contributed by atoms with Crippen LogP contribution in [-0.2, 0) is 9.59 Å². The number of hydrogen-bond donors (Lipinski definition) is 1. The number of nitrogens with zero attached hydrogens (tertiary/aromatic N) is 3. The molecule has 3 aromatic rings. The number of carbonyl (C=O) groups excluding carboxylic acids is 1. The van der Waals surface area contributed by atoms with Crippen molar-refractivity contribution in [1.29, 1.82) is 0 Å². The van der Waals surface area contributed by atoms with E-state index in [4.69, 9.17) is 9.72 Å². The number of aliphatic carboxylic acids is 1. The van der Waals surface area contributed by atoms with Crippen molar-refractivity contribution in [3.8, 4) is 17.0 Å². The molecule has 2 aromatic heterocycles. The number of fused-ring (bicyclic) bond motifs is 1. The van der Waals surface area contributed by atoms with Crippen LogP contribution in [0.4, 0.5) is 0 Å². The van der Waals surface area contributed by atoms with Crippen LogP contribution >= 0.6 is 0 Å². The third-order valence-corrected chi connectivity index (χ3v) is 7.17. The van der Waals surface area contributed by atoms with E-state index in [0.717, 1.165) is 54.0 Å². The predicted octanol–water partition coefficient (Wildman–Crippen LogP) is 4.56. The Kier molecular flexibility index (Phi) is 5.79. The highest BCUT2D eigenvalue weighted by molar-refractivity contribution is 5.85. The highest BCUT2D eigenvalue weighted by Crippen LogP contribution is 2.39. The van der Waals surface area contributed by atoms with Crippen LogP contribution in [0.3, 0.4) is 0 Å². The minimum absolute atomic E-state index is 0.0247. The maximum atomic E-state index is 13.6. The van der Waals surface area contributed by atoms with Gasteiger partial charge in [0.1, 0.15) is 11.6 Å². The van der Waals surface area contributed by atoms with Crippen LogP contribution in [-0.4, -0.2) is 44.9 Å². The second kappa shape index (κ2) is 8.89. The second-order valence-electron chi connectivity index (χ2n) is 9.03. The van der Waals surface area contributed by atoms with E-state index >= 15 is 0 Å². The maximum absolute atomic E-state index is 13.6. The fourth-order valence-electron chi connectivity index (χ4n) is 5.49. The number of imidazole rings is 1. The van der Waals surface area contributed by atoms with E-state index in [1.165, 1.54) is 0 Å². The number of carboxylic acids is 1. The summed E-state index contributed by atoms with van der Waals surface area (Å²) in [6, 6.07) is 13.7. The monoisotopic (exact) mass is 447 g/mol. The lowest BCUT2D eigenvalue weighted by Crippen LogP contribution is -2.42. The lowest BCUT2D eigenvalue weighted by Gasteiger charge is -2.33. The third-order valence-electron chi connectivity index (χ3n) is 7.17. The first-order valence-corrected chi connectivity index (χ1v) is 11.7. The molecule has 172 valence electrons. The van der Waals surface area contributed by atoms with Crippen molar-refractivity contribution in [2.24, 2.45) is 11.8 Å². The van der Waals surface area contributed by atoms with Gasteiger partial charge in [0.25, 0.3) is 0 Å². The number of carbonyl (C=O) groups is 2. The van der Waals surface area contributed by atoms with E-state index < -0.39 is 17.8 Å². The molecule has 0 bridgehead atoms. The minimum atomic E-state index is -0.850. The molecule has 3 atom stereocenters. The molecule has 7 heteroatoms. The maximum Gasteiger partial charge on any atom is 0.307 e. The SMILES string of the molecule is COc1ccc(-c2nc(C3CCCN3C(=O)[C@@H]3CCCC[C@@H]3C(=O)O)n3ccccc23)cc1. The highest BCUT2D eigenvalue weighted by atomic mass is 16.5. The summed E-state index contributed by atoms with van der Waals surface area (Å²) in [5, 5.41) is 9.70. The summed E-state index contributed by atoms with van der Waals surface area (Å²) in [6.07, 6.45) is 6.72. The van der Waals surface area contributed by atoms with Gasteiger partial charge in [-0.2, -0.15) is 0 Å². The molecule has 1 saturated carbocycles. The van der Waals surface area contributed by atoms with Gasteiger partial charge in [-0.15, -0.1) is 0 Å². The number of carboxylic acid groups (broad SMARTS) is 1. The zero-order chi connectivity index (χ0) is 22.9. The number of pyridine rings is 1. The number of aromatic nitrogens is 2. The van der Waals surface area contributed by atoms with E-state index in [0.29, 0.717) is 19.4 Å². The summed E-state index contributed by atoms with van der Waals surface area (Å²) in [4.78, 5) is 32.3. The van der Waals surface area contributed by atoms with Crippen molar-refractivity contribution < 1.29 is 19.4 Å². The summed E-state index contributed by atoms with van der Waals surface area (Å²) in [7, 11) is 1.64. The molecule has 1 aromatic carbocycles. The van der Waals surface area contributed by atoms with Gasteiger partial charge in [0.05, 0.1) is 36.2 Å². The summed E-state index contributed by atoms with van der Waals surface area (Å²) in [5.41, 5.74) is 2.84. The Bertz CT molecular complexity index is 1170. The van der Waals surface area contributed by atoms with Crippen molar-refractivity contribution in [2.45, 2.75) is 44.6 Å². The third kappa shape index (κ3) is 3.86. The molecule has 0 spiro atoms. The van der Waals surface area contributed by atoms with Gasteiger partial charge in [0, 0.05) is 18.3 Å². The molecule has 1 aliphatic carbocycles. The predicted molar refractivity (Wildman–Crippen MR) is 124 cm³/mol. The first kappa shape index (κ1) is 21.5. The summed E-state index contributed by atoms with van der Waals surface area (Å²) < 4.78 is 7.37. The number of likely N-dealkylation sites (tertiary alicyclic amines) is 1. The molecular weight excluding hydrogens is 418 g/mol. The van der Waals surface area contributed by atoms with Crippen molar-refractivity contribution in [2.75, 3.05) is 13.7 Å². The first-order chi connectivity index (χ1) is 16.1. The summed E-state index contributed by atoms with van der Waals surface area (Å²) >= 11 is 0. The molecule has 5 rings (SSSR count). The zero-order valence-electron chi connectivity index (χ0n) is 18.8. The number of hydrogen-bond acceptors (Lipinski definition) is 4. The molecule has 1 aliphatic heterocycles. The Morgan fingerprint density at radius 2 is 1.76 bits per heavy atom. The first-order valence-electron chi connectivity index (χ1n) is 11.7. The van der Waals surface area contributed by atoms with Gasteiger partial charge in [-0.1, -0.05) is 18.9 Å². The van der Waals surface area contributed by atoms with Crippen molar-refractivity contribution in [1.82, 2.24) is 14.3 Å². The van der Waals surface area contributed by atoms with Crippen LogP contribution in [0.1, 0.15) is 50.4 Å². The number of benzene rings is 1. The molecule has 1 amide bonds. The average molecular weight is 448 g/mol. The standard InChI is InChI=1S/C26H29N3O4/c1-33-18-13-11-17(12-14-18)23-21-9-4-5-15-28(21)24(27-23)22-10-6-16-29(22)25(30)19-7-2-3-8-20(19)26(31)32/h4-5,9,11-15,19-20,22H,2-3,6-8,10,16H2,1H3,(H,31,32)/t19-,20+,22?/m1/s1. The van der Waals surface area contributed by atoms with E-state index in [-0.39, 0.29) is 11.9 Å². The number of rotatable bonds is 5. The number of methoxy groups -OCH3 is 1. The van der Waals surface area contributed by atoms with Crippen LogP contribution < -0.4 is 4.74 Å². The minimum Gasteiger partial charge on any atom is -0.497 e. The molecule has 0 radical (unpaired) electrons. The van der Waals surface area contributed by atoms with Crippen LogP contribution in [0.2, 0.25) is 0 Å². The zero-order valence-corrected chi connectivity index (χ0v) is 18.8. The van der Waals surface area contributed by atoms with Crippen LogP contribution in [0.15, 0.2) is 48.7 Å². The fourth-order valence-corrected chi connectivity index (χ4v) is 5.49. The molecular formula is C26H29N3O4. The average Bonchev–Trinajstić information content (AvgIpc) is 3.48. The fraction of sp³-hybridized carbons (Fsp3) is 0.423. The van der Waals surface area contributed by atoms with E-state index in [1.54, 1.807) is 7.11 Å². The van der Waals surface area contributed by atoms with Crippen LogP contribution in [0, 0.1) is 11.8 Å². The van der Waals surface area contributed by atoms with Gasteiger partial charge in [-0.05, 0) is 62.1 Å². The Morgan fingerprint density at radius 3 is 2.48 bits per heavy atom. The van der Waals surface area contributed by atoms with Gasteiger partial charge in [-0.25, -0.2) is 4.98 Å². The Hall–Kier alpha value is -3.35. The number of ether oxygens (including phenoxy) is 1. The van der Waals surface area contributed by atoms with Gasteiger partial charge in [0.2, 0.25) is 5.91 Å². The Labute approximate surface area is 193 Å². The molecule has 1 unspecified atom stereocenters. The van der Waals surface area contributed by atoms with Gasteiger partial charge in [0.15, 0.2) is 0 Å². The van der Waals surface area contributed by atoms with E-state index in [1.807, 2.05) is 53.6 Å². The van der Waals surface area contributed by atoms with E-state index in [2.05, 4.69) is 4.40 Å². The van der Waals surface area contributed by atoms with Gasteiger partial charge < -0.3 is 19.1 Å².